The van der Waals surface area contributed by atoms with Gasteiger partial charge in [-0.2, -0.15) is 0 Å². The van der Waals surface area contributed by atoms with Gasteiger partial charge in [-0.1, -0.05) is 0 Å². The van der Waals surface area contributed by atoms with Crippen LogP contribution < -0.4 is 0 Å². The molecule has 1 heterocycles. The van der Waals surface area contributed by atoms with Crippen molar-refractivity contribution in [2.24, 2.45) is 0 Å². The summed E-state index contributed by atoms with van der Waals surface area (Å²) in [6, 6.07) is 0. The summed E-state index contributed by atoms with van der Waals surface area (Å²) in [5.41, 5.74) is 1.32. The first kappa shape index (κ1) is 10.7. The van der Waals surface area contributed by atoms with Crippen molar-refractivity contribution in [2.75, 3.05) is 13.2 Å². The Kier molecular flexibility index (Phi) is 4.37. The van der Waals surface area contributed by atoms with E-state index in [-0.39, 0.29) is 0 Å². The van der Waals surface area contributed by atoms with Gasteiger partial charge in [0.25, 0.3) is 0 Å². The molecule has 0 saturated carbocycles. The zero-order valence-corrected chi connectivity index (χ0v) is 11.3. The van der Waals surface area contributed by atoms with E-state index < -0.39 is 0 Å². The molecule has 0 atom stereocenters. The molecule has 0 aliphatic carbocycles. The van der Waals surface area contributed by atoms with Gasteiger partial charge in [-0.25, -0.2) is 0 Å². The van der Waals surface area contributed by atoms with Crippen LogP contribution in [0.4, 0.5) is 0 Å². The Bertz CT molecular complexity index is 254. The molecular weight excluding hydrogens is 217 g/mol. The molecule has 1 aliphatic rings. The third-order valence-electron chi connectivity index (χ3n) is 1.96. The summed E-state index contributed by atoms with van der Waals surface area (Å²) in [6.45, 7) is 5.59. The standard InChI is InChI=1S/C10H14O2.Zn/c1-4-8(2)7-10-9(3)11-5-6-12-10;/h3,7H,4-6H2,1-2H3;/b8-7+;. The van der Waals surface area contributed by atoms with Crippen molar-refractivity contribution in [1.82, 2.24) is 0 Å². The first-order valence-corrected chi connectivity index (χ1v) is 6.28. The van der Waals surface area contributed by atoms with Gasteiger partial charge in [-0.05, 0) is 0 Å². The molecule has 0 aromatic carbocycles. The van der Waals surface area contributed by atoms with Crippen LogP contribution in [0, 0.1) is 0 Å². The molecule has 13 heavy (non-hydrogen) atoms. The first-order valence-electron chi connectivity index (χ1n) is 4.57. The van der Waals surface area contributed by atoms with Gasteiger partial charge in [0.2, 0.25) is 0 Å². The maximum atomic E-state index is 5.52. The zero-order valence-electron chi connectivity index (χ0n) is 8.30. The van der Waals surface area contributed by atoms with E-state index >= 15 is 0 Å². The van der Waals surface area contributed by atoms with Gasteiger partial charge >= 0.3 is 88.6 Å². The van der Waals surface area contributed by atoms with Crippen molar-refractivity contribution in [1.29, 1.82) is 0 Å². The van der Waals surface area contributed by atoms with E-state index in [1.54, 1.807) is 0 Å². The van der Waals surface area contributed by atoms with Crippen molar-refractivity contribution < 1.29 is 27.3 Å². The molecule has 2 nitrogen and oxygen atoms in total. The van der Waals surface area contributed by atoms with Crippen LogP contribution in [-0.4, -0.2) is 17.8 Å². The Morgan fingerprint density at radius 1 is 1.38 bits per heavy atom. The Morgan fingerprint density at radius 2 is 2.00 bits per heavy atom. The molecule has 3 heteroatoms. The third kappa shape index (κ3) is 3.07. The van der Waals surface area contributed by atoms with Gasteiger partial charge in [0, 0.05) is 0 Å². The summed E-state index contributed by atoms with van der Waals surface area (Å²) >= 11 is 1.10. The number of ether oxygens (including phenoxy) is 2. The van der Waals surface area contributed by atoms with Crippen LogP contribution in [0.15, 0.2) is 23.2 Å². The van der Waals surface area contributed by atoms with Crippen LogP contribution >= 0.6 is 0 Å². The summed E-state index contributed by atoms with van der Waals surface area (Å²) in [7, 11) is 0. The van der Waals surface area contributed by atoms with Gasteiger partial charge in [0.1, 0.15) is 0 Å². The van der Waals surface area contributed by atoms with E-state index in [9.17, 15) is 0 Å². The Hall–Kier alpha value is -0.427. The zero-order chi connectivity index (χ0) is 9.68. The molecular formula is C10H14O2Zn. The van der Waals surface area contributed by atoms with Crippen molar-refractivity contribution in [2.45, 2.75) is 20.3 Å². The quantitative estimate of drug-likeness (QED) is 0.692. The van der Waals surface area contributed by atoms with E-state index in [1.807, 2.05) is 0 Å². The fourth-order valence-corrected chi connectivity index (χ4v) is 1.71. The minimum atomic E-state index is 0.667. The van der Waals surface area contributed by atoms with Crippen molar-refractivity contribution >= 4 is 4.61 Å². The predicted octanol–water partition coefficient (Wildman–Crippen LogP) is 1.95. The monoisotopic (exact) mass is 230 g/mol. The second kappa shape index (κ2) is 5.33. The Balaban J connectivity index is 2.85. The molecule has 0 fully saturated rings. The third-order valence-corrected chi connectivity index (χ3v) is 2.74. The van der Waals surface area contributed by atoms with Crippen LogP contribution in [0.1, 0.15) is 20.3 Å². The topological polar surface area (TPSA) is 18.5 Å². The number of hydrogen-bond donors (Lipinski definition) is 0. The van der Waals surface area contributed by atoms with E-state index in [1.165, 1.54) is 5.57 Å². The molecule has 0 aromatic heterocycles. The minimum absolute atomic E-state index is 0.667. The molecule has 0 aromatic rings. The van der Waals surface area contributed by atoms with Crippen LogP contribution in [-0.2, 0) is 27.3 Å². The van der Waals surface area contributed by atoms with Crippen molar-refractivity contribution in [3.8, 4) is 0 Å². The second-order valence-electron chi connectivity index (χ2n) is 2.97. The number of allylic oxidation sites excluding steroid dienone is 3. The number of hydrogen-bond acceptors (Lipinski definition) is 2. The molecule has 0 amide bonds. The molecule has 0 bridgehead atoms. The maximum absolute atomic E-state index is 5.52. The van der Waals surface area contributed by atoms with Crippen LogP contribution in [0.5, 0.6) is 0 Å². The fourth-order valence-electron chi connectivity index (χ4n) is 1.04. The first-order chi connectivity index (χ1) is 6.27. The normalized spacial score (nSPS) is 18.0. The molecule has 0 unspecified atom stereocenters. The van der Waals surface area contributed by atoms with Crippen LogP contribution in [0.2, 0.25) is 0 Å². The SMILES string of the molecule is CC/C(C)=C/C1=C([CH]=[Zn])OCCO1. The summed E-state index contributed by atoms with van der Waals surface area (Å²) < 4.78 is 13.1. The molecule has 0 saturated heterocycles. The van der Waals surface area contributed by atoms with Gasteiger partial charge < -0.3 is 0 Å². The molecule has 0 radical (unpaired) electrons. The van der Waals surface area contributed by atoms with Gasteiger partial charge in [-0.15, -0.1) is 0 Å². The molecule has 68 valence electrons. The van der Waals surface area contributed by atoms with Crippen LogP contribution in [0.25, 0.3) is 0 Å². The second-order valence-corrected chi connectivity index (χ2v) is 3.83. The van der Waals surface area contributed by atoms with Gasteiger partial charge in [0.05, 0.1) is 0 Å². The van der Waals surface area contributed by atoms with Crippen molar-refractivity contribution in [3.63, 3.8) is 0 Å². The van der Waals surface area contributed by atoms with E-state index in [0.29, 0.717) is 13.2 Å². The fraction of sp³-hybridized carbons (Fsp3) is 0.500. The summed E-state index contributed by atoms with van der Waals surface area (Å²) in [5, 5.41) is 0. The predicted molar refractivity (Wildman–Crippen MR) is 49.0 cm³/mol. The van der Waals surface area contributed by atoms with E-state index in [2.05, 4.69) is 24.5 Å². The average Bonchev–Trinajstić information content (AvgIpc) is 2.18. The Labute approximate surface area is 88.8 Å². The van der Waals surface area contributed by atoms with Crippen molar-refractivity contribution in [3.05, 3.63) is 23.2 Å². The average molecular weight is 232 g/mol. The Morgan fingerprint density at radius 3 is 2.54 bits per heavy atom. The van der Waals surface area contributed by atoms with Gasteiger partial charge in [0.15, 0.2) is 0 Å². The van der Waals surface area contributed by atoms with E-state index in [0.717, 1.165) is 35.8 Å². The molecule has 1 rings (SSSR count). The summed E-state index contributed by atoms with van der Waals surface area (Å²) in [5.74, 6) is 1.82. The molecule has 1 aliphatic heterocycles. The number of rotatable bonds is 3. The molecule has 0 N–H and O–H groups in total. The van der Waals surface area contributed by atoms with Gasteiger partial charge in [-0.3, -0.25) is 0 Å². The summed E-state index contributed by atoms with van der Waals surface area (Å²) in [4.78, 5) is 0. The van der Waals surface area contributed by atoms with E-state index in [4.69, 9.17) is 9.47 Å². The summed E-state index contributed by atoms with van der Waals surface area (Å²) in [6.07, 6.45) is 3.13. The van der Waals surface area contributed by atoms with Crippen LogP contribution in [0.3, 0.4) is 0 Å². The molecule has 0 spiro atoms.